The highest BCUT2D eigenvalue weighted by molar-refractivity contribution is 6.09. The molecule has 0 atom stereocenters. The summed E-state index contributed by atoms with van der Waals surface area (Å²) in [4.78, 5) is 7.95. The average Bonchev–Trinajstić information content (AvgIpc) is 3.24. The van der Waals surface area contributed by atoms with Crippen LogP contribution in [0.3, 0.4) is 0 Å². The number of hydrogen-bond donors (Lipinski definition) is 0. The third-order valence-electron chi connectivity index (χ3n) is 7.55. The molecule has 0 saturated carbocycles. The van der Waals surface area contributed by atoms with E-state index >= 15 is 0 Å². The van der Waals surface area contributed by atoms with Crippen molar-refractivity contribution in [1.29, 1.82) is 0 Å². The standard InChI is InChI=1S/C32H27N3/c1-34-20-27(25-13-7-8-14-30(25)34)32-28-21-35(19-22-9-3-2-4-10-22)18-17-26(28)31-24-12-6-5-11-23(24)15-16-29(31)33-32/h2-16,20H,17-19,21H2,1H3. The topological polar surface area (TPSA) is 21.1 Å². The molecule has 0 spiro atoms. The van der Waals surface area contributed by atoms with Crippen LogP contribution >= 0.6 is 0 Å². The minimum atomic E-state index is 0.912. The van der Waals surface area contributed by atoms with E-state index in [-0.39, 0.29) is 0 Å². The first-order valence-corrected chi connectivity index (χ1v) is 12.4. The van der Waals surface area contributed by atoms with Crippen LogP contribution in [0.15, 0.2) is 97.2 Å². The molecule has 7 rings (SSSR count). The lowest BCUT2D eigenvalue weighted by molar-refractivity contribution is 0.246. The molecule has 3 heterocycles. The van der Waals surface area contributed by atoms with Crippen LogP contribution < -0.4 is 0 Å². The van der Waals surface area contributed by atoms with Crippen molar-refractivity contribution in [2.24, 2.45) is 7.05 Å². The summed E-state index contributed by atoms with van der Waals surface area (Å²) < 4.78 is 2.23. The smallest absolute Gasteiger partial charge is 0.0779 e. The van der Waals surface area contributed by atoms with E-state index in [9.17, 15) is 0 Å². The Morgan fingerprint density at radius 3 is 2.43 bits per heavy atom. The molecule has 170 valence electrons. The summed E-state index contributed by atoms with van der Waals surface area (Å²) in [7, 11) is 2.13. The second kappa shape index (κ2) is 8.07. The van der Waals surface area contributed by atoms with Gasteiger partial charge in [-0.1, -0.05) is 78.9 Å². The molecule has 0 aliphatic carbocycles. The molecule has 1 aliphatic heterocycles. The van der Waals surface area contributed by atoms with E-state index < -0.39 is 0 Å². The van der Waals surface area contributed by atoms with Crippen molar-refractivity contribution in [3.63, 3.8) is 0 Å². The van der Waals surface area contributed by atoms with E-state index in [1.165, 1.54) is 49.3 Å². The maximum absolute atomic E-state index is 5.37. The number of benzene rings is 4. The molecule has 2 aromatic heterocycles. The number of nitrogens with zero attached hydrogens (tertiary/aromatic N) is 3. The largest absolute Gasteiger partial charge is 0.350 e. The van der Waals surface area contributed by atoms with Gasteiger partial charge in [0.1, 0.15) is 0 Å². The highest BCUT2D eigenvalue weighted by atomic mass is 15.1. The van der Waals surface area contributed by atoms with E-state index in [1.807, 2.05) is 0 Å². The maximum atomic E-state index is 5.37. The third-order valence-corrected chi connectivity index (χ3v) is 7.55. The normalized spacial score (nSPS) is 14.1. The summed E-state index contributed by atoms with van der Waals surface area (Å²) in [6.07, 6.45) is 3.29. The van der Waals surface area contributed by atoms with Crippen molar-refractivity contribution < 1.29 is 0 Å². The summed E-state index contributed by atoms with van der Waals surface area (Å²) in [5, 5.41) is 5.20. The second-order valence-corrected chi connectivity index (χ2v) is 9.72. The predicted octanol–water partition coefficient (Wildman–Crippen LogP) is 7.11. The highest BCUT2D eigenvalue weighted by Gasteiger charge is 2.26. The van der Waals surface area contributed by atoms with Crippen LogP contribution in [0.4, 0.5) is 0 Å². The van der Waals surface area contributed by atoms with Crippen LogP contribution in [0.25, 0.3) is 43.8 Å². The van der Waals surface area contributed by atoms with Gasteiger partial charge in [0.2, 0.25) is 0 Å². The van der Waals surface area contributed by atoms with E-state index in [0.717, 1.165) is 37.3 Å². The molecule has 0 saturated heterocycles. The van der Waals surface area contributed by atoms with Gasteiger partial charge in [-0.25, -0.2) is 4.98 Å². The van der Waals surface area contributed by atoms with Crippen LogP contribution in [0, 0.1) is 0 Å². The Hall–Kier alpha value is -3.95. The zero-order valence-corrected chi connectivity index (χ0v) is 19.9. The van der Waals surface area contributed by atoms with Crippen molar-refractivity contribution in [2.45, 2.75) is 19.5 Å². The van der Waals surface area contributed by atoms with Gasteiger partial charge in [0.05, 0.1) is 11.2 Å². The lowest BCUT2D eigenvalue weighted by Gasteiger charge is -2.31. The number of hydrogen-bond acceptors (Lipinski definition) is 2. The van der Waals surface area contributed by atoms with Gasteiger partial charge in [-0.2, -0.15) is 0 Å². The minimum absolute atomic E-state index is 0.912. The number of rotatable bonds is 3. The van der Waals surface area contributed by atoms with Crippen molar-refractivity contribution >= 4 is 32.6 Å². The van der Waals surface area contributed by atoms with Gasteiger partial charge in [0.15, 0.2) is 0 Å². The van der Waals surface area contributed by atoms with Crippen LogP contribution in [-0.4, -0.2) is 21.0 Å². The van der Waals surface area contributed by atoms with E-state index in [4.69, 9.17) is 4.98 Å². The quantitative estimate of drug-likeness (QED) is 0.266. The van der Waals surface area contributed by atoms with E-state index in [2.05, 4.69) is 114 Å². The number of fused-ring (bicyclic) bond motifs is 6. The number of aromatic nitrogens is 2. The first-order chi connectivity index (χ1) is 17.3. The van der Waals surface area contributed by atoms with Crippen molar-refractivity contribution in [3.8, 4) is 11.3 Å². The molecule has 0 amide bonds. The molecule has 1 aliphatic rings. The van der Waals surface area contributed by atoms with Gasteiger partial charge >= 0.3 is 0 Å². The fourth-order valence-electron chi connectivity index (χ4n) is 5.90. The SMILES string of the molecule is Cn1cc(-c2nc3ccc4ccccc4c3c3c2CN(Cc2ccccc2)CC3)c2ccccc21. The average molecular weight is 454 g/mol. The molecule has 35 heavy (non-hydrogen) atoms. The lowest BCUT2D eigenvalue weighted by atomic mass is 9.89. The molecular weight excluding hydrogens is 426 g/mol. The van der Waals surface area contributed by atoms with Gasteiger partial charge in [0.25, 0.3) is 0 Å². The zero-order valence-electron chi connectivity index (χ0n) is 19.9. The lowest BCUT2D eigenvalue weighted by Crippen LogP contribution is -2.31. The van der Waals surface area contributed by atoms with Crippen LogP contribution in [0.2, 0.25) is 0 Å². The molecule has 0 bridgehead atoms. The fraction of sp³-hybridized carbons (Fsp3) is 0.156. The third kappa shape index (κ3) is 3.35. The Bertz CT molecular complexity index is 1710. The Morgan fingerprint density at radius 1 is 0.771 bits per heavy atom. The molecule has 0 fully saturated rings. The number of aryl methyl sites for hydroxylation is 1. The van der Waals surface area contributed by atoms with Crippen LogP contribution in [0.1, 0.15) is 16.7 Å². The summed E-state index contributed by atoms with van der Waals surface area (Å²) in [6, 6.07) is 32.7. The van der Waals surface area contributed by atoms with Gasteiger partial charge in [-0.05, 0) is 46.0 Å². The molecule has 6 aromatic rings. The number of para-hydroxylation sites is 1. The summed E-state index contributed by atoms with van der Waals surface area (Å²) in [5.41, 5.74) is 8.93. The Labute approximate surface area is 205 Å². The second-order valence-electron chi connectivity index (χ2n) is 9.72. The summed E-state index contributed by atoms with van der Waals surface area (Å²) in [5.74, 6) is 0. The Kier molecular flexibility index (Phi) is 4.71. The monoisotopic (exact) mass is 453 g/mol. The maximum Gasteiger partial charge on any atom is 0.0779 e. The molecule has 0 radical (unpaired) electrons. The molecule has 4 aromatic carbocycles. The van der Waals surface area contributed by atoms with E-state index in [0.29, 0.717) is 0 Å². The first-order valence-electron chi connectivity index (χ1n) is 12.4. The molecule has 0 unspecified atom stereocenters. The summed E-state index contributed by atoms with van der Waals surface area (Å²) in [6.45, 7) is 2.93. The molecule has 0 N–H and O–H groups in total. The van der Waals surface area contributed by atoms with Crippen LogP contribution in [0.5, 0.6) is 0 Å². The minimum Gasteiger partial charge on any atom is -0.350 e. The van der Waals surface area contributed by atoms with Gasteiger partial charge in [-0.3, -0.25) is 4.90 Å². The van der Waals surface area contributed by atoms with E-state index in [1.54, 1.807) is 0 Å². The van der Waals surface area contributed by atoms with Crippen LogP contribution in [-0.2, 0) is 26.6 Å². The predicted molar refractivity (Wildman–Crippen MR) is 145 cm³/mol. The van der Waals surface area contributed by atoms with Crippen molar-refractivity contribution in [1.82, 2.24) is 14.5 Å². The summed E-state index contributed by atoms with van der Waals surface area (Å²) >= 11 is 0. The molecule has 3 nitrogen and oxygen atoms in total. The molecule has 3 heteroatoms. The van der Waals surface area contributed by atoms with Gasteiger partial charge in [0, 0.05) is 54.7 Å². The van der Waals surface area contributed by atoms with Gasteiger partial charge in [-0.15, -0.1) is 0 Å². The fourth-order valence-corrected chi connectivity index (χ4v) is 5.90. The Morgan fingerprint density at radius 2 is 1.54 bits per heavy atom. The van der Waals surface area contributed by atoms with Crippen molar-refractivity contribution in [2.75, 3.05) is 6.54 Å². The first kappa shape index (κ1) is 20.4. The van der Waals surface area contributed by atoms with Gasteiger partial charge < -0.3 is 4.57 Å². The highest BCUT2D eigenvalue weighted by Crippen LogP contribution is 2.40. The zero-order chi connectivity index (χ0) is 23.4. The molecular formula is C32H27N3. The van der Waals surface area contributed by atoms with Crippen molar-refractivity contribution in [3.05, 3.63) is 114 Å². The number of pyridine rings is 1. The Balaban J connectivity index is 1.48.